The number of sulfonamides is 1. The lowest BCUT2D eigenvalue weighted by molar-refractivity contribution is 0.417. The minimum absolute atomic E-state index is 0.394. The van der Waals surface area contributed by atoms with Gasteiger partial charge in [0.2, 0.25) is 10.0 Å². The fourth-order valence-electron chi connectivity index (χ4n) is 2.67. The molecule has 0 atom stereocenters. The van der Waals surface area contributed by atoms with Gasteiger partial charge in [0.15, 0.2) is 0 Å². The Bertz CT molecular complexity index is 1040. The molecule has 3 aromatic rings. The predicted molar refractivity (Wildman–Crippen MR) is 98.4 cm³/mol. The number of anilines is 1. The summed E-state index contributed by atoms with van der Waals surface area (Å²) in [5, 5.41) is 0.852. The zero-order chi connectivity index (χ0) is 18.2. The molecule has 1 aromatic carbocycles. The highest BCUT2D eigenvalue weighted by Gasteiger charge is 2.14. The van der Waals surface area contributed by atoms with Gasteiger partial charge in [0.25, 0.3) is 0 Å². The van der Waals surface area contributed by atoms with Gasteiger partial charge < -0.3 is 9.30 Å². The highest BCUT2D eigenvalue weighted by Crippen LogP contribution is 2.33. The first-order valence-corrected chi connectivity index (χ1v) is 9.69. The van der Waals surface area contributed by atoms with E-state index in [4.69, 9.17) is 4.74 Å². The highest BCUT2D eigenvalue weighted by molar-refractivity contribution is 7.92. The summed E-state index contributed by atoms with van der Waals surface area (Å²) in [7, 11) is -1.91. The van der Waals surface area contributed by atoms with E-state index in [1.54, 1.807) is 18.5 Å². The Hall–Kier alpha value is -2.61. The molecule has 1 N–H and O–H groups in total. The molecule has 0 bridgehead atoms. The quantitative estimate of drug-likeness (QED) is 0.756. The molecule has 7 nitrogen and oxygen atoms in total. The molecular formula is C17H20N4O3S. The molecule has 0 aliphatic rings. The van der Waals surface area contributed by atoms with E-state index in [0.717, 1.165) is 40.7 Å². The minimum Gasteiger partial charge on any atom is -0.494 e. The van der Waals surface area contributed by atoms with E-state index in [1.165, 1.54) is 7.11 Å². The Morgan fingerprint density at radius 3 is 2.60 bits per heavy atom. The maximum atomic E-state index is 11.6. The fourth-order valence-corrected chi connectivity index (χ4v) is 3.23. The lowest BCUT2D eigenvalue weighted by Gasteiger charge is -2.13. The van der Waals surface area contributed by atoms with Gasteiger partial charge in [-0.3, -0.25) is 4.72 Å². The van der Waals surface area contributed by atoms with Gasteiger partial charge in [-0.25, -0.2) is 18.4 Å². The molecule has 0 radical (unpaired) electrons. The number of hydrogen-bond acceptors (Lipinski definition) is 5. The molecular weight excluding hydrogens is 340 g/mol. The zero-order valence-electron chi connectivity index (χ0n) is 14.6. The van der Waals surface area contributed by atoms with Crippen molar-refractivity contribution in [1.82, 2.24) is 14.5 Å². The summed E-state index contributed by atoms with van der Waals surface area (Å²) in [6.07, 6.45) is 4.83. The summed E-state index contributed by atoms with van der Waals surface area (Å²) in [4.78, 5) is 9.06. The molecule has 2 heterocycles. The molecule has 0 fully saturated rings. The predicted octanol–water partition coefficient (Wildman–Crippen LogP) is 2.81. The first-order valence-electron chi connectivity index (χ1n) is 7.80. The number of benzene rings is 1. The van der Waals surface area contributed by atoms with Crippen molar-refractivity contribution < 1.29 is 13.2 Å². The van der Waals surface area contributed by atoms with Crippen LogP contribution in [-0.2, 0) is 16.6 Å². The average Bonchev–Trinajstić information content (AvgIpc) is 3.02. The van der Waals surface area contributed by atoms with Crippen LogP contribution in [0.15, 0.2) is 30.7 Å². The van der Waals surface area contributed by atoms with Crippen LogP contribution in [0.2, 0.25) is 0 Å². The molecule has 0 unspecified atom stereocenters. The highest BCUT2D eigenvalue weighted by atomic mass is 32.2. The summed E-state index contributed by atoms with van der Waals surface area (Å²) < 4.78 is 32.9. The molecule has 0 saturated heterocycles. The number of fused-ring (bicyclic) bond motifs is 1. The van der Waals surface area contributed by atoms with Crippen LogP contribution in [0.3, 0.4) is 0 Å². The van der Waals surface area contributed by atoms with Crippen molar-refractivity contribution in [1.29, 1.82) is 0 Å². The van der Waals surface area contributed by atoms with Gasteiger partial charge in [-0.05, 0) is 31.5 Å². The third kappa shape index (κ3) is 3.58. The number of nitrogens with zero attached hydrogens (tertiary/aromatic N) is 3. The zero-order valence-corrected chi connectivity index (χ0v) is 15.4. The molecule has 0 spiro atoms. The topological polar surface area (TPSA) is 86.1 Å². The van der Waals surface area contributed by atoms with Crippen LogP contribution in [-0.4, -0.2) is 36.3 Å². The molecule has 8 heteroatoms. The first kappa shape index (κ1) is 17.2. The van der Waals surface area contributed by atoms with Crippen molar-refractivity contribution in [2.45, 2.75) is 20.4 Å². The van der Waals surface area contributed by atoms with Crippen molar-refractivity contribution >= 4 is 26.6 Å². The number of aryl methyl sites for hydroxylation is 2. The van der Waals surface area contributed by atoms with Gasteiger partial charge in [0.1, 0.15) is 11.4 Å². The van der Waals surface area contributed by atoms with E-state index in [0.29, 0.717) is 11.4 Å². The fraction of sp³-hybridized carbons (Fsp3) is 0.294. The second-order valence-corrected chi connectivity index (χ2v) is 7.61. The van der Waals surface area contributed by atoms with Crippen LogP contribution < -0.4 is 9.46 Å². The van der Waals surface area contributed by atoms with Gasteiger partial charge in [-0.15, -0.1) is 0 Å². The van der Waals surface area contributed by atoms with E-state index >= 15 is 0 Å². The van der Waals surface area contributed by atoms with Crippen LogP contribution in [0.1, 0.15) is 12.5 Å². The van der Waals surface area contributed by atoms with E-state index in [9.17, 15) is 8.42 Å². The lowest BCUT2D eigenvalue weighted by atomic mass is 10.1. The number of aromatic nitrogens is 3. The van der Waals surface area contributed by atoms with Crippen LogP contribution >= 0.6 is 0 Å². The number of hydrogen-bond donors (Lipinski definition) is 1. The standard InChI is InChI=1S/C17H20N4O3S/c1-5-21-9-16(18-10-21)14-6-11(2)12-7-15(20-25(4,22)23)17(24-3)8-13(12)19-14/h6-10,20H,5H2,1-4H3. The smallest absolute Gasteiger partial charge is 0.229 e. The van der Waals surface area contributed by atoms with Crippen molar-refractivity contribution in [3.05, 3.63) is 36.3 Å². The van der Waals surface area contributed by atoms with Crippen molar-refractivity contribution in [3.8, 4) is 17.1 Å². The van der Waals surface area contributed by atoms with Gasteiger partial charge in [-0.1, -0.05) is 0 Å². The van der Waals surface area contributed by atoms with Crippen molar-refractivity contribution in [2.24, 2.45) is 0 Å². The third-order valence-corrected chi connectivity index (χ3v) is 4.48. The molecule has 25 heavy (non-hydrogen) atoms. The van der Waals surface area contributed by atoms with Crippen molar-refractivity contribution in [3.63, 3.8) is 0 Å². The number of ether oxygens (including phenoxy) is 1. The molecule has 3 rings (SSSR count). The molecule has 0 aliphatic carbocycles. The van der Waals surface area contributed by atoms with E-state index in [2.05, 4.69) is 14.7 Å². The number of nitrogens with one attached hydrogen (secondary N) is 1. The normalized spacial score (nSPS) is 11.7. The maximum Gasteiger partial charge on any atom is 0.229 e. The maximum absolute atomic E-state index is 11.6. The van der Waals surface area contributed by atoms with Gasteiger partial charge in [-0.2, -0.15) is 0 Å². The Balaban J connectivity index is 2.16. The summed E-state index contributed by atoms with van der Waals surface area (Å²) in [6, 6.07) is 5.42. The average molecular weight is 360 g/mol. The lowest BCUT2D eigenvalue weighted by Crippen LogP contribution is -2.10. The number of rotatable bonds is 5. The molecule has 0 aliphatic heterocycles. The largest absolute Gasteiger partial charge is 0.494 e. The van der Waals surface area contributed by atoms with Crippen LogP contribution in [0.4, 0.5) is 5.69 Å². The van der Waals surface area contributed by atoms with Crippen molar-refractivity contribution in [2.75, 3.05) is 18.1 Å². The molecule has 0 saturated carbocycles. The summed E-state index contributed by atoms with van der Waals surface area (Å²) in [5.74, 6) is 0.418. The van der Waals surface area contributed by atoms with Crippen LogP contribution in [0.25, 0.3) is 22.3 Å². The molecule has 2 aromatic heterocycles. The van der Waals surface area contributed by atoms with Crippen LogP contribution in [0, 0.1) is 6.92 Å². The SMILES string of the molecule is CCn1cnc(-c2cc(C)c3cc(NS(C)(=O)=O)c(OC)cc3n2)c1. The Morgan fingerprint density at radius 1 is 1.24 bits per heavy atom. The molecule has 0 amide bonds. The monoisotopic (exact) mass is 360 g/mol. The Morgan fingerprint density at radius 2 is 2.00 bits per heavy atom. The summed E-state index contributed by atoms with van der Waals surface area (Å²) >= 11 is 0. The van der Waals surface area contributed by atoms with Gasteiger partial charge >= 0.3 is 0 Å². The van der Waals surface area contributed by atoms with Gasteiger partial charge in [0.05, 0.1) is 36.6 Å². The molecule has 132 valence electrons. The number of pyridine rings is 1. The second kappa shape index (κ2) is 6.36. The number of methoxy groups -OCH3 is 1. The van der Waals surface area contributed by atoms with E-state index < -0.39 is 10.0 Å². The summed E-state index contributed by atoms with van der Waals surface area (Å²) in [6.45, 7) is 4.85. The second-order valence-electron chi connectivity index (χ2n) is 5.86. The minimum atomic E-state index is -3.41. The van der Waals surface area contributed by atoms with E-state index in [1.807, 2.05) is 30.7 Å². The third-order valence-electron chi connectivity index (χ3n) is 3.89. The number of imidazole rings is 1. The Labute approximate surface area is 146 Å². The summed E-state index contributed by atoms with van der Waals surface area (Å²) in [5.41, 5.74) is 3.65. The van der Waals surface area contributed by atoms with Crippen LogP contribution in [0.5, 0.6) is 5.75 Å². The first-order chi connectivity index (χ1) is 11.8. The van der Waals surface area contributed by atoms with E-state index in [-0.39, 0.29) is 0 Å². The Kier molecular flexibility index (Phi) is 4.38. The van der Waals surface area contributed by atoms with Gasteiger partial charge in [0, 0.05) is 24.2 Å².